The van der Waals surface area contributed by atoms with Gasteiger partial charge in [-0.05, 0) is 36.8 Å². The van der Waals surface area contributed by atoms with Crippen LogP contribution in [-0.4, -0.2) is 12.6 Å². The van der Waals surface area contributed by atoms with Gasteiger partial charge in [0.25, 0.3) is 0 Å². The summed E-state index contributed by atoms with van der Waals surface area (Å²) in [6, 6.07) is 17.4. The Hall–Kier alpha value is -2.55. The third kappa shape index (κ3) is 4.80. The van der Waals surface area contributed by atoms with Crippen LogP contribution in [0.1, 0.15) is 12.5 Å². The molecule has 2 rings (SSSR count). The second-order valence-corrected chi connectivity index (χ2v) is 4.73. The summed E-state index contributed by atoms with van der Waals surface area (Å²) < 4.78 is 10.8. The van der Waals surface area contributed by atoms with E-state index in [-0.39, 0.29) is 5.97 Å². The minimum atomic E-state index is -0.355. The summed E-state index contributed by atoms with van der Waals surface area (Å²) in [7, 11) is 0. The number of hydrogen-bond donors (Lipinski definition) is 0. The normalized spacial score (nSPS) is 9.95. The molecule has 0 radical (unpaired) electrons. The van der Waals surface area contributed by atoms with Gasteiger partial charge in [-0.15, -0.1) is 0 Å². The van der Waals surface area contributed by atoms with E-state index in [4.69, 9.17) is 9.47 Å². The lowest BCUT2D eigenvalue weighted by Gasteiger charge is -2.08. The van der Waals surface area contributed by atoms with Crippen molar-refractivity contribution in [3.8, 4) is 11.5 Å². The molecule has 2 aromatic rings. The van der Waals surface area contributed by atoms with Crippen molar-refractivity contribution in [2.24, 2.45) is 0 Å². The summed E-state index contributed by atoms with van der Waals surface area (Å²) >= 11 is 0. The van der Waals surface area contributed by atoms with E-state index in [2.05, 4.69) is 6.58 Å². The molecule has 0 aliphatic carbocycles. The average molecular weight is 282 g/mol. The van der Waals surface area contributed by atoms with Gasteiger partial charge in [-0.25, -0.2) is 4.79 Å². The molecule has 0 atom stereocenters. The lowest BCUT2D eigenvalue weighted by Crippen LogP contribution is -2.08. The van der Waals surface area contributed by atoms with Gasteiger partial charge in [-0.2, -0.15) is 0 Å². The number of para-hydroxylation sites is 1. The minimum absolute atomic E-state index is 0.334. The molecule has 0 saturated heterocycles. The monoisotopic (exact) mass is 282 g/mol. The van der Waals surface area contributed by atoms with E-state index in [1.54, 1.807) is 6.92 Å². The number of benzene rings is 2. The fourth-order valence-electron chi connectivity index (χ4n) is 1.77. The molecule has 2 aromatic carbocycles. The number of hydrogen-bond acceptors (Lipinski definition) is 3. The van der Waals surface area contributed by atoms with Crippen LogP contribution in [0.4, 0.5) is 0 Å². The molecule has 3 nitrogen and oxygen atoms in total. The Bertz CT molecular complexity index is 617. The Balaban J connectivity index is 1.92. The van der Waals surface area contributed by atoms with Gasteiger partial charge in [0.1, 0.15) is 11.5 Å². The van der Waals surface area contributed by atoms with Crippen molar-refractivity contribution in [2.45, 2.75) is 13.3 Å². The Morgan fingerprint density at radius 2 is 1.76 bits per heavy atom. The third-order valence-corrected chi connectivity index (χ3v) is 2.85. The number of carbonyl (C=O) groups excluding carboxylic acids is 1. The van der Waals surface area contributed by atoms with E-state index in [1.807, 2.05) is 54.6 Å². The molecule has 0 spiro atoms. The van der Waals surface area contributed by atoms with E-state index in [1.165, 1.54) is 0 Å². The van der Waals surface area contributed by atoms with Gasteiger partial charge < -0.3 is 9.47 Å². The molecular weight excluding hydrogens is 264 g/mol. The zero-order valence-corrected chi connectivity index (χ0v) is 12.0. The van der Waals surface area contributed by atoms with Crippen LogP contribution < -0.4 is 4.74 Å². The van der Waals surface area contributed by atoms with Crippen molar-refractivity contribution in [3.63, 3.8) is 0 Å². The van der Waals surface area contributed by atoms with E-state index in [0.29, 0.717) is 18.6 Å². The summed E-state index contributed by atoms with van der Waals surface area (Å²) in [6.07, 6.45) is 0.644. The Morgan fingerprint density at radius 1 is 1.05 bits per heavy atom. The maximum atomic E-state index is 11.3. The van der Waals surface area contributed by atoms with Crippen molar-refractivity contribution in [3.05, 3.63) is 72.3 Å². The number of carbonyl (C=O) groups is 1. The summed E-state index contributed by atoms with van der Waals surface area (Å²) in [5, 5.41) is 0. The molecule has 108 valence electrons. The highest BCUT2D eigenvalue weighted by atomic mass is 16.5. The maximum Gasteiger partial charge on any atom is 0.333 e. The molecule has 0 bridgehead atoms. The summed E-state index contributed by atoms with van der Waals surface area (Å²) in [5.74, 6) is 1.21. The SMILES string of the molecule is C=C(C)C(=O)OCCc1cccc(Oc2ccccc2)c1. The predicted molar refractivity (Wildman–Crippen MR) is 82.4 cm³/mol. The third-order valence-electron chi connectivity index (χ3n) is 2.85. The van der Waals surface area contributed by atoms with Crippen molar-refractivity contribution in [2.75, 3.05) is 6.61 Å². The molecule has 0 heterocycles. The first kappa shape index (κ1) is 14.9. The van der Waals surface area contributed by atoms with Crippen molar-refractivity contribution < 1.29 is 14.3 Å². The molecule has 21 heavy (non-hydrogen) atoms. The van der Waals surface area contributed by atoms with Crippen LogP contribution in [0, 0.1) is 0 Å². The van der Waals surface area contributed by atoms with Crippen LogP contribution in [0.25, 0.3) is 0 Å². The van der Waals surface area contributed by atoms with Crippen molar-refractivity contribution in [1.29, 1.82) is 0 Å². The molecule has 0 aliphatic rings. The molecule has 0 unspecified atom stereocenters. The van der Waals surface area contributed by atoms with E-state index in [0.717, 1.165) is 17.1 Å². The summed E-state index contributed by atoms with van der Waals surface area (Å²) in [4.78, 5) is 11.3. The maximum absolute atomic E-state index is 11.3. The van der Waals surface area contributed by atoms with Gasteiger partial charge in [-0.3, -0.25) is 0 Å². The van der Waals surface area contributed by atoms with Gasteiger partial charge in [0.15, 0.2) is 0 Å². The fraction of sp³-hybridized carbons (Fsp3) is 0.167. The molecule has 0 amide bonds. The summed E-state index contributed by atoms with van der Waals surface area (Å²) in [6.45, 7) is 5.52. The number of esters is 1. The zero-order chi connectivity index (χ0) is 15.1. The molecule has 0 aliphatic heterocycles. The van der Waals surface area contributed by atoms with Crippen molar-refractivity contribution >= 4 is 5.97 Å². The minimum Gasteiger partial charge on any atom is -0.462 e. The van der Waals surface area contributed by atoms with Crippen LogP contribution >= 0.6 is 0 Å². The van der Waals surface area contributed by atoms with Gasteiger partial charge in [0.2, 0.25) is 0 Å². The Morgan fingerprint density at radius 3 is 2.48 bits per heavy atom. The van der Waals surface area contributed by atoms with Crippen LogP contribution in [0.3, 0.4) is 0 Å². The smallest absolute Gasteiger partial charge is 0.333 e. The van der Waals surface area contributed by atoms with Crippen molar-refractivity contribution in [1.82, 2.24) is 0 Å². The van der Waals surface area contributed by atoms with Gasteiger partial charge >= 0.3 is 5.97 Å². The zero-order valence-electron chi connectivity index (χ0n) is 12.0. The quantitative estimate of drug-likeness (QED) is 0.590. The standard InChI is InChI=1S/C18H18O3/c1-14(2)18(19)20-12-11-15-7-6-10-17(13-15)21-16-8-4-3-5-9-16/h3-10,13H,1,11-12H2,2H3. The van der Waals surface area contributed by atoms with E-state index in [9.17, 15) is 4.79 Å². The van der Waals surface area contributed by atoms with Crippen LogP contribution in [-0.2, 0) is 16.0 Å². The lowest BCUT2D eigenvalue weighted by atomic mass is 10.1. The highest BCUT2D eigenvalue weighted by Gasteiger charge is 2.04. The van der Waals surface area contributed by atoms with Crippen LogP contribution in [0.5, 0.6) is 11.5 Å². The highest BCUT2D eigenvalue weighted by Crippen LogP contribution is 2.21. The molecule has 0 N–H and O–H groups in total. The topological polar surface area (TPSA) is 35.5 Å². The molecule has 0 aromatic heterocycles. The Kier molecular flexibility index (Phi) is 5.16. The molecular formula is C18H18O3. The predicted octanol–water partition coefficient (Wildman–Crippen LogP) is 4.14. The summed E-state index contributed by atoms with van der Waals surface area (Å²) in [5.41, 5.74) is 1.47. The first-order valence-corrected chi connectivity index (χ1v) is 6.79. The van der Waals surface area contributed by atoms with E-state index >= 15 is 0 Å². The molecule has 0 fully saturated rings. The second-order valence-electron chi connectivity index (χ2n) is 4.73. The van der Waals surface area contributed by atoms with Gasteiger partial charge in [0, 0.05) is 12.0 Å². The van der Waals surface area contributed by atoms with Gasteiger partial charge in [-0.1, -0.05) is 36.9 Å². The number of ether oxygens (including phenoxy) is 2. The molecule has 0 saturated carbocycles. The number of rotatable bonds is 6. The van der Waals surface area contributed by atoms with Gasteiger partial charge in [0.05, 0.1) is 6.61 Å². The van der Waals surface area contributed by atoms with Crippen LogP contribution in [0.15, 0.2) is 66.7 Å². The first-order chi connectivity index (χ1) is 10.1. The Labute approximate surface area is 124 Å². The second kappa shape index (κ2) is 7.29. The average Bonchev–Trinajstić information content (AvgIpc) is 2.48. The fourth-order valence-corrected chi connectivity index (χ4v) is 1.77. The lowest BCUT2D eigenvalue weighted by molar-refractivity contribution is -0.138. The van der Waals surface area contributed by atoms with Crippen LogP contribution in [0.2, 0.25) is 0 Å². The van der Waals surface area contributed by atoms with E-state index < -0.39 is 0 Å². The highest BCUT2D eigenvalue weighted by molar-refractivity contribution is 5.86. The first-order valence-electron chi connectivity index (χ1n) is 6.79. The molecule has 3 heteroatoms. The largest absolute Gasteiger partial charge is 0.462 e.